The highest BCUT2D eigenvalue weighted by Crippen LogP contribution is 2.25. The van der Waals surface area contributed by atoms with Crippen LogP contribution in [-0.2, 0) is 0 Å². The molecule has 0 unspecified atom stereocenters. The van der Waals surface area contributed by atoms with E-state index in [-0.39, 0.29) is 0 Å². The van der Waals surface area contributed by atoms with Crippen LogP contribution in [0.3, 0.4) is 0 Å². The van der Waals surface area contributed by atoms with E-state index < -0.39 is 6.03 Å². The lowest BCUT2D eigenvalue weighted by Gasteiger charge is -2.11. The molecule has 0 aromatic heterocycles. The number of amides is 2. The Morgan fingerprint density at radius 3 is 2.55 bits per heavy atom. The number of carbonyl (C=O) groups is 1. The summed E-state index contributed by atoms with van der Waals surface area (Å²) in [4.78, 5) is 11.9. The van der Waals surface area contributed by atoms with Crippen LogP contribution in [0.15, 0.2) is 42.5 Å². The van der Waals surface area contributed by atoms with Crippen molar-refractivity contribution in [3.8, 4) is 5.75 Å². The number of rotatable bonds is 3. The van der Waals surface area contributed by atoms with Crippen molar-refractivity contribution in [2.24, 2.45) is 0 Å². The molecule has 0 saturated carbocycles. The van der Waals surface area contributed by atoms with Crippen LogP contribution >= 0.6 is 11.6 Å². The van der Waals surface area contributed by atoms with Gasteiger partial charge in [0, 0.05) is 6.07 Å². The normalized spacial score (nSPS) is 9.90. The maximum atomic E-state index is 11.9. The number of para-hydroxylation sites is 1. The van der Waals surface area contributed by atoms with Crippen molar-refractivity contribution in [2.75, 3.05) is 23.5 Å². The van der Waals surface area contributed by atoms with Crippen molar-refractivity contribution in [3.63, 3.8) is 0 Å². The van der Waals surface area contributed by atoms with Crippen molar-refractivity contribution >= 4 is 34.7 Å². The molecule has 0 aliphatic carbocycles. The first-order valence-electron chi connectivity index (χ1n) is 5.86. The standard InChI is InChI=1S/C14H14ClN3O2/c1-20-9-6-7-11(16)13(8-9)18-14(19)17-12-5-3-2-4-10(12)15/h2-8H,16H2,1H3,(H2,17,18,19). The molecule has 0 fully saturated rings. The van der Waals surface area contributed by atoms with Gasteiger partial charge in [-0.15, -0.1) is 0 Å². The van der Waals surface area contributed by atoms with Gasteiger partial charge >= 0.3 is 6.03 Å². The minimum atomic E-state index is -0.432. The molecule has 2 rings (SSSR count). The molecule has 20 heavy (non-hydrogen) atoms. The van der Waals surface area contributed by atoms with Gasteiger partial charge in [-0.1, -0.05) is 23.7 Å². The molecule has 4 N–H and O–H groups in total. The number of anilines is 3. The van der Waals surface area contributed by atoms with Crippen LogP contribution < -0.4 is 21.1 Å². The molecule has 0 heterocycles. The molecule has 0 aliphatic rings. The van der Waals surface area contributed by atoms with E-state index in [2.05, 4.69) is 10.6 Å². The second-order valence-corrected chi connectivity index (χ2v) is 4.42. The van der Waals surface area contributed by atoms with E-state index in [4.69, 9.17) is 22.1 Å². The Hall–Kier alpha value is -2.40. The number of nitrogens with one attached hydrogen (secondary N) is 2. The highest BCUT2D eigenvalue weighted by molar-refractivity contribution is 6.33. The third kappa shape index (κ3) is 3.33. The minimum absolute atomic E-state index is 0.432. The molecule has 104 valence electrons. The Bertz CT molecular complexity index is 632. The highest BCUT2D eigenvalue weighted by atomic mass is 35.5. The first-order valence-corrected chi connectivity index (χ1v) is 6.24. The van der Waals surface area contributed by atoms with E-state index in [1.807, 2.05) is 0 Å². The lowest BCUT2D eigenvalue weighted by molar-refractivity contribution is 0.262. The topological polar surface area (TPSA) is 76.4 Å². The van der Waals surface area contributed by atoms with Gasteiger partial charge in [0.25, 0.3) is 0 Å². The summed E-state index contributed by atoms with van der Waals surface area (Å²) < 4.78 is 5.08. The number of urea groups is 1. The van der Waals surface area contributed by atoms with Crippen LogP contribution in [0.5, 0.6) is 5.75 Å². The van der Waals surface area contributed by atoms with Crippen LogP contribution in [0.2, 0.25) is 5.02 Å². The molecular formula is C14H14ClN3O2. The molecule has 0 saturated heterocycles. The maximum Gasteiger partial charge on any atom is 0.323 e. The molecule has 0 bridgehead atoms. The minimum Gasteiger partial charge on any atom is -0.497 e. The molecule has 2 aromatic rings. The van der Waals surface area contributed by atoms with Crippen molar-refractivity contribution in [2.45, 2.75) is 0 Å². The van der Waals surface area contributed by atoms with Gasteiger partial charge in [-0.05, 0) is 24.3 Å². The Labute approximate surface area is 121 Å². The van der Waals surface area contributed by atoms with Gasteiger partial charge in [-0.2, -0.15) is 0 Å². The molecule has 6 heteroatoms. The summed E-state index contributed by atoms with van der Waals surface area (Å²) in [6.45, 7) is 0. The zero-order valence-corrected chi connectivity index (χ0v) is 11.6. The van der Waals surface area contributed by atoms with E-state index in [0.717, 1.165) is 0 Å². The fourth-order valence-corrected chi connectivity index (χ4v) is 1.79. The lowest BCUT2D eigenvalue weighted by Crippen LogP contribution is -2.20. The van der Waals surface area contributed by atoms with Crippen LogP contribution in [0.4, 0.5) is 21.9 Å². The van der Waals surface area contributed by atoms with Gasteiger partial charge in [0.1, 0.15) is 5.75 Å². The summed E-state index contributed by atoms with van der Waals surface area (Å²) in [7, 11) is 1.54. The predicted molar refractivity (Wildman–Crippen MR) is 81.5 cm³/mol. The molecule has 2 amide bonds. The second-order valence-electron chi connectivity index (χ2n) is 4.01. The Morgan fingerprint density at radius 2 is 1.85 bits per heavy atom. The van der Waals surface area contributed by atoms with Crippen LogP contribution in [0.1, 0.15) is 0 Å². The second kappa shape index (κ2) is 6.16. The summed E-state index contributed by atoms with van der Waals surface area (Å²) in [5, 5.41) is 5.75. The summed E-state index contributed by atoms with van der Waals surface area (Å²) in [6.07, 6.45) is 0. The number of ether oxygens (including phenoxy) is 1. The summed E-state index contributed by atoms with van der Waals surface area (Å²) in [5.74, 6) is 0.604. The highest BCUT2D eigenvalue weighted by Gasteiger charge is 2.08. The first-order chi connectivity index (χ1) is 9.60. The number of hydrogen-bond acceptors (Lipinski definition) is 3. The average Bonchev–Trinajstić information content (AvgIpc) is 2.44. The van der Waals surface area contributed by atoms with Gasteiger partial charge in [-0.3, -0.25) is 0 Å². The molecule has 0 spiro atoms. The fourth-order valence-electron chi connectivity index (χ4n) is 1.61. The first kappa shape index (κ1) is 14.0. The molecule has 2 aromatic carbocycles. The summed E-state index contributed by atoms with van der Waals surface area (Å²) >= 11 is 5.96. The third-order valence-corrected chi connectivity index (χ3v) is 2.96. The van der Waals surface area contributed by atoms with Crippen molar-refractivity contribution in [3.05, 3.63) is 47.5 Å². The number of carbonyl (C=O) groups excluding carboxylic acids is 1. The summed E-state index contributed by atoms with van der Waals surface area (Å²) in [6, 6.07) is 11.5. The zero-order chi connectivity index (χ0) is 14.5. The molecule has 0 aliphatic heterocycles. The molecular weight excluding hydrogens is 278 g/mol. The number of nitrogens with two attached hydrogens (primary N) is 1. The lowest BCUT2D eigenvalue weighted by atomic mass is 10.2. The van der Waals surface area contributed by atoms with Crippen LogP contribution in [0.25, 0.3) is 0 Å². The fraction of sp³-hybridized carbons (Fsp3) is 0.0714. The van der Waals surface area contributed by atoms with Crippen molar-refractivity contribution < 1.29 is 9.53 Å². The van der Waals surface area contributed by atoms with Gasteiger partial charge in [0.15, 0.2) is 0 Å². The van der Waals surface area contributed by atoms with E-state index in [0.29, 0.717) is 27.8 Å². The Balaban J connectivity index is 2.10. The van der Waals surface area contributed by atoms with Gasteiger partial charge in [-0.25, -0.2) is 4.79 Å². The predicted octanol–water partition coefficient (Wildman–Crippen LogP) is 3.57. The van der Waals surface area contributed by atoms with Crippen molar-refractivity contribution in [1.82, 2.24) is 0 Å². The number of halogens is 1. The number of nitrogen functional groups attached to an aromatic ring is 1. The molecule has 5 nitrogen and oxygen atoms in total. The maximum absolute atomic E-state index is 11.9. The number of benzene rings is 2. The van der Waals surface area contributed by atoms with E-state index in [1.165, 1.54) is 0 Å². The van der Waals surface area contributed by atoms with E-state index in [1.54, 1.807) is 49.6 Å². The SMILES string of the molecule is COc1ccc(N)c(NC(=O)Nc2ccccc2Cl)c1. The van der Waals surface area contributed by atoms with Crippen LogP contribution in [-0.4, -0.2) is 13.1 Å². The smallest absolute Gasteiger partial charge is 0.323 e. The third-order valence-electron chi connectivity index (χ3n) is 2.63. The number of hydrogen-bond donors (Lipinski definition) is 3. The van der Waals surface area contributed by atoms with Gasteiger partial charge < -0.3 is 21.1 Å². The monoisotopic (exact) mass is 291 g/mol. The van der Waals surface area contributed by atoms with Crippen molar-refractivity contribution in [1.29, 1.82) is 0 Å². The summed E-state index contributed by atoms with van der Waals surface area (Å²) in [5.41, 5.74) is 7.22. The average molecular weight is 292 g/mol. The zero-order valence-electron chi connectivity index (χ0n) is 10.8. The number of methoxy groups -OCH3 is 1. The Kier molecular flexibility index (Phi) is 4.32. The molecule has 0 radical (unpaired) electrons. The quantitative estimate of drug-likeness (QED) is 0.757. The Morgan fingerprint density at radius 1 is 1.15 bits per heavy atom. The van der Waals surface area contributed by atoms with Crippen LogP contribution in [0, 0.1) is 0 Å². The van der Waals surface area contributed by atoms with E-state index in [9.17, 15) is 4.79 Å². The largest absolute Gasteiger partial charge is 0.497 e. The molecule has 0 atom stereocenters. The van der Waals surface area contributed by atoms with Gasteiger partial charge in [0.05, 0.1) is 29.2 Å². The van der Waals surface area contributed by atoms with Gasteiger partial charge in [0.2, 0.25) is 0 Å². The van der Waals surface area contributed by atoms with E-state index >= 15 is 0 Å².